The number of carbonyl (C=O) groups excluding carboxylic acids is 1. The molecule has 0 N–H and O–H groups in total. The normalized spacial score (nSPS) is 13.3. The molecule has 76 valence electrons. The van der Waals surface area contributed by atoms with E-state index < -0.39 is 23.8 Å². The molecular formula is C8H11F3O2. The zero-order valence-electron chi connectivity index (χ0n) is 7.61. The van der Waals surface area contributed by atoms with Gasteiger partial charge in [-0.05, 0) is 20.8 Å². The predicted molar refractivity (Wildman–Crippen MR) is 41.0 cm³/mol. The summed E-state index contributed by atoms with van der Waals surface area (Å²) in [5, 5.41) is 0. The second-order valence-electron chi connectivity index (χ2n) is 2.81. The molecule has 2 nitrogen and oxygen atoms in total. The molecule has 0 unspecified atom stereocenters. The Labute approximate surface area is 74.4 Å². The van der Waals surface area contributed by atoms with Crippen molar-refractivity contribution in [3.63, 3.8) is 0 Å². The van der Waals surface area contributed by atoms with Crippen molar-refractivity contribution in [1.29, 1.82) is 0 Å². The molecule has 0 bridgehead atoms. The zero-order valence-corrected chi connectivity index (χ0v) is 7.61. The quantitative estimate of drug-likeness (QED) is 0.501. The Bertz CT molecular complexity index is 216. The fourth-order valence-electron chi connectivity index (χ4n) is 0.525. The average Bonchev–Trinajstić information content (AvgIpc) is 1.82. The van der Waals surface area contributed by atoms with E-state index in [0.717, 1.165) is 6.92 Å². The molecule has 0 aromatic rings. The zero-order chi connectivity index (χ0) is 10.6. The van der Waals surface area contributed by atoms with E-state index in [1.54, 1.807) is 13.8 Å². The van der Waals surface area contributed by atoms with Gasteiger partial charge in [-0.2, -0.15) is 13.2 Å². The topological polar surface area (TPSA) is 26.3 Å². The van der Waals surface area contributed by atoms with E-state index in [0.29, 0.717) is 6.08 Å². The molecule has 0 aliphatic heterocycles. The van der Waals surface area contributed by atoms with Gasteiger partial charge in [0.2, 0.25) is 0 Å². The van der Waals surface area contributed by atoms with Crippen molar-refractivity contribution in [2.75, 3.05) is 0 Å². The monoisotopic (exact) mass is 196 g/mol. The number of rotatable bonds is 2. The number of ether oxygens (including phenoxy) is 1. The molecular weight excluding hydrogens is 185 g/mol. The van der Waals surface area contributed by atoms with Crippen LogP contribution in [0.2, 0.25) is 0 Å². The SMILES string of the molecule is C/C(=C/C(=O)OC(C)C)C(F)(F)F. The number of halogens is 3. The molecule has 0 amide bonds. The van der Waals surface area contributed by atoms with Gasteiger partial charge in [0.15, 0.2) is 0 Å². The minimum absolute atomic E-state index is 0.412. The van der Waals surface area contributed by atoms with Gasteiger partial charge < -0.3 is 4.74 Å². The fourth-order valence-corrected chi connectivity index (χ4v) is 0.525. The first-order valence-corrected chi connectivity index (χ1v) is 3.69. The summed E-state index contributed by atoms with van der Waals surface area (Å²) in [4.78, 5) is 10.7. The van der Waals surface area contributed by atoms with Gasteiger partial charge in [0.25, 0.3) is 0 Å². The molecule has 0 atom stereocenters. The van der Waals surface area contributed by atoms with Crippen LogP contribution < -0.4 is 0 Å². The molecule has 0 heterocycles. The van der Waals surface area contributed by atoms with E-state index in [2.05, 4.69) is 4.74 Å². The van der Waals surface area contributed by atoms with Gasteiger partial charge in [-0.1, -0.05) is 0 Å². The first-order valence-electron chi connectivity index (χ1n) is 3.69. The molecule has 0 rings (SSSR count). The van der Waals surface area contributed by atoms with Gasteiger partial charge in [0.1, 0.15) is 0 Å². The van der Waals surface area contributed by atoms with E-state index in [-0.39, 0.29) is 0 Å². The second kappa shape index (κ2) is 4.30. The molecule has 0 radical (unpaired) electrons. The third-order valence-electron chi connectivity index (χ3n) is 1.13. The van der Waals surface area contributed by atoms with Crippen LogP contribution in [0.1, 0.15) is 20.8 Å². The molecule has 5 heteroatoms. The number of carbonyl (C=O) groups is 1. The summed E-state index contributed by atoms with van der Waals surface area (Å²) in [6.07, 6.45) is -4.43. The third kappa shape index (κ3) is 5.27. The van der Waals surface area contributed by atoms with Crippen LogP contribution in [0.15, 0.2) is 11.6 Å². The highest BCUT2D eigenvalue weighted by Crippen LogP contribution is 2.24. The van der Waals surface area contributed by atoms with E-state index in [1.165, 1.54) is 0 Å². The van der Waals surface area contributed by atoms with Gasteiger partial charge in [-0.3, -0.25) is 0 Å². The summed E-state index contributed by atoms with van der Waals surface area (Å²) in [5.74, 6) is -0.968. The molecule has 0 spiro atoms. The van der Waals surface area contributed by atoms with E-state index in [4.69, 9.17) is 0 Å². The maximum absolute atomic E-state index is 11.9. The first kappa shape index (κ1) is 12.0. The lowest BCUT2D eigenvalue weighted by Crippen LogP contribution is -2.14. The van der Waals surface area contributed by atoms with Crippen LogP contribution in [-0.4, -0.2) is 18.2 Å². The number of hydrogen-bond donors (Lipinski definition) is 0. The Morgan fingerprint density at radius 1 is 1.38 bits per heavy atom. The molecule has 0 saturated carbocycles. The Kier molecular flexibility index (Phi) is 3.97. The molecule has 0 fully saturated rings. The van der Waals surface area contributed by atoms with Crippen molar-refractivity contribution in [2.45, 2.75) is 33.1 Å². The molecule has 0 saturated heterocycles. The average molecular weight is 196 g/mol. The first-order chi connectivity index (χ1) is 5.73. The maximum Gasteiger partial charge on any atom is 0.412 e. The molecule has 0 aliphatic rings. The second-order valence-corrected chi connectivity index (χ2v) is 2.81. The summed E-state index contributed by atoms with van der Waals surface area (Å²) in [5.41, 5.74) is -0.960. The van der Waals surface area contributed by atoms with Crippen LogP contribution in [-0.2, 0) is 9.53 Å². The third-order valence-corrected chi connectivity index (χ3v) is 1.13. The van der Waals surface area contributed by atoms with Gasteiger partial charge in [-0.15, -0.1) is 0 Å². The number of esters is 1. The van der Waals surface area contributed by atoms with E-state index >= 15 is 0 Å². The summed E-state index contributed by atoms with van der Waals surface area (Å²) in [6.45, 7) is 3.95. The highest BCUT2D eigenvalue weighted by atomic mass is 19.4. The molecule has 0 aromatic carbocycles. The molecule has 0 aromatic heterocycles. The van der Waals surface area contributed by atoms with Crippen molar-refractivity contribution < 1.29 is 22.7 Å². The van der Waals surface area contributed by atoms with Gasteiger partial charge in [0.05, 0.1) is 6.10 Å². The van der Waals surface area contributed by atoms with Gasteiger partial charge >= 0.3 is 12.1 Å². The lowest BCUT2D eigenvalue weighted by Gasteiger charge is -2.08. The molecule has 13 heavy (non-hydrogen) atoms. The van der Waals surface area contributed by atoms with E-state index in [9.17, 15) is 18.0 Å². The van der Waals surface area contributed by atoms with Gasteiger partial charge in [0, 0.05) is 11.6 Å². The Balaban J connectivity index is 4.32. The Hall–Kier alpha value is -1.00. The Morgan fingerprint density at radius 2 is 1.85 bits per heavy atom. The fraction of sp³-hybridized carbons (Fsp3) is 0.625. The smallest absolute Gasteiger partial charge is 0.412 e. The van der Waals surface area contributed by atoms with Gasteiger partial charge in [-0.25, -0.2) is 4.79 Å². The number of alkyl halides is 3. The summed E-state index contributed by atoms with van der Waals surface area (Å²) >= 11 is 0. The summed E-state index contributed by atoms with van der Waals surface area (Å²) in [7, 11) is 0. The minimum Gasteiger partial charge on any atom is -0.460 e. The predicted octanol–water partition coefficient (Wildman–Crippen LogP) is 2.45. The standard InChI is InChI=1S/C8H11F3O2/c1-5(2)13-7(12)4-6(3)8(9,10)11/h4-5H,1-3H3/b6-4-. The minimum atomic E-state index is -4.46. The van der Waals surface area contributed by atoms with Crippen molar-refractivity contribution >= 4 is 5.97 Å². The van der Waals surface area contributed by atoms with Crippen LogP contribution in [0.5, 0.6) is 0 Å². The number of hydrogen-bond acceptors (Lipinski definition) is 2. The lowest BCUT2D eigenvalue weighted by molar-refractivity contribution is -0.142. The summed E-state index contributed by atoms with van der Waals surface area (Å²) in [6, 6.07) is 0. The highest BCUT2D eigenvalue weighted by Gasteiger charge is 2.30. The Morgan fingerprint density at radius 3 is 2.15 bits per heavy atom. The summed E-state index contributed by atoms with van der Waals surface area (Å²) < 4.78 is 40.1. The van der Waals surface area contributed by atoms with Crippen molar-refractivity contribution in [3.8, 4) is 0 Å². The largest absolute Gasteiger partial charge is 0.460 e. The van der Waals surface area contributed by atoms with Crippen molar-refractivity contribution in [3.05, 3.63) is 11.6 Å². The highest BCUT2D eigenvalue weighted by molar-refractivity contribution is 5.83. The van der Waals surface area contributed by atoms with Crippen molar-refractivity contribution in [2.24, 2.45) is 0 Å². The number of allylic oxidation sites excluding steroid dienone is 1. The maximum atomic E-state index is 11.9. The van der Waals surface area contributed by atoms with E-state index in [1.807, 2.05) is 0 Å². The van der Waals surface area contributed by atoms with Crippen LogP contribution in [0.4, 0.5) is 13.2 Å². The van der Waals surface area contributed by atoms with Crippen LogP contribution in [0.25, 0.3) is 0 Å². The van der Waals surface area contributed by atoms with Crippen molar-refractivity contribution in [1.82, 2.24) is 0 Å². The van der Waals surface area contributed by atoms with Crippen LogP contribution in [0, 0.1) is 0 Å². The molecule has 0 aliphatic carbocycles. The van der Waals surface area contributed by atoms with Crippen LogP contribution in [0.3, 0.4) is 0 Å². The lowest BCUT2D eigenvalue weighted by atomic mass is 10.3. The van der Waals surface area contributed by atoms with Crippen LogP contribution >= 0.6 is 0 Å².